The summed E-state index contributed by atoms with van der Waals surface area (Å²) in [6.07, 6.45) is 0.687. The van der Waals surface area contributed by atoms with E-state index < -0.39 is 32.5 Å². The average Bonchev–Trinajstić information content (AvgIpc) is 3.32. The first-order valence-electron chi connectivity index (χ1n) is 8.97. The highest BCUT2D eigenvalue weighted by Crippen LogP contribution is 2.41. The lowest BCUT2D eigenvalue weighted by Crippen LogP contribution is -2.46. The molecule has 2 aliphatic rings. The van der Waals surface area contributed by atoms with Gasteiger partial charge in [0.1, 0.15) is 10.7 Å². The number of aromatic hydroxyl groups is 1. The minimum Gasteiger partial charge on any atom is -0.504 e. The molecule has 2 heterocycles. The average molecular weight is 475 g/mol. The third-order valence-electron chi connectivity index (χ3n) is 5.10. The van der Waals surface area contributed by atoms with Crippen molar-refractivity contribution in [1.29, 1.82) is 0 Å². The second kappa shape index (κ2) is 7.86. The van der Waals surface area contributed by atoms with Crippen molar-refractivity contribution < 1.29 is 22.7 Å². The summed E-state index contributed by atoms with van der Waals surface area (Å²) in [7, 11) is -4.09. The maximum Gasteiger partial charge on any atom is 0.323 e. The van der Waals surface area contributed by atoms with Crippen LogP contribution in [-0.4, -0.2) is 49.0 Å². The molecule has 0 radical (unpaired) electrons. The van der Waals surface area contributed by atoms with Gasteiger partial charge in [0.2, 0.25) is 10.0 Å². The summed E-state index contributed by atoms with van der Waals surface area (Å²) in [6, 6.07) is 5.41. The molecule has 2 aromatic carbocycles. The molecule has 0 spiro atoms. The Morgan fingerprint density at radius 3 is 2.60 bits per heavy atom. The fourth-order valence-corrected chi connectivity index (χ4v) is 6.15. The zero-order valence-electron chi connectivity index (χ0n) is 15.3. The molecule has 30 heavy (non-hydrogen) atoms. The van der Waals surface area contributed by atoms with Gasteiger partial charge in [-0.2, -0.15) is 4.31 Å². The minimum atomic E-state index is -4.09. The molecule has 4 rings (SSSR count). The van der Waals surface area contributed by atoms with E-state index in [-0.39, 0.29) is 40.0 Å². The lowest BCUT2D eigenvalue weighted by molar-refractivity contribution is 0.262. The van der Waals surface area contributed by atoms with Crippen LogP contribution in [0.2, 0.25) is 10.0 Å². The molecule has 2 atom stereocenters. The molecule has 2 amide bonds. The lowest BCUT2D eigenvalue weighted by Gasteiger charge is -2.27. The van der Waals surface area contributed by atoms with E-state index in [1.165, 1.54) is 28.6 Å². The van der Waals surface area contributed by atoms with Crippen LogP contribution in [0.25, 0.3) is 0 Å². The Bertz CT molecular complexity index is 1130. The first kappa shape index (κ1) is 21.1. The molecule has 2 aromatic rings. The number of sulfonamides is 1. The van der Waals surface area contributed by atoms with E-state index >= 15 is 0 Å². The smallest absolute Gasteiger partial charge is 0.323 e. The van der Waals surface area contributed by atoms with Crippen LogP contribution in [0.4, 0.5) is 20.6 Å². The highest BCUT2D eigenvalue weighted by atomic mass is 35.5. The van der Waals surface area contributed by atoms with Crippen molar-refractivity contribution in [2.24, 2.45) is 0 Å². The van der Waals surface area contributed by atoms with Crippen LogP contribution >= 0.6 is 23.2 Å². The quantitative estimate of drug-likeness (QED) is 0.508. The number of nitrogens with one attached hydrogen (secondary N) is 3. The van der Waals surface area contributed by atoms with Gasteiger partial charge in [-0.25, -0.2) is 17.6 Å². The summed E-state index contributed by atoms with van der Waals surface area (Å²) in [5, 5.41) is 18.0. The van der Waals surface area contributed by atoms with Crippen molar-refractivity contribution in [1.82, 2.24) is 9.62 Å². The number of rotatable bonds is 4. The number of amides is 2. The van der Waals surface area contributed by atoms with Crippen molar-refractivity contribution in [3.05, 3.63) is 46.2 Å². The van der Waals surface area contributed by atoms with E-state index in [9.17, 15) is 22.7 Å². The SMILES string of the molecule is O=C(Nc1ccc(Cl)c(S(=O)(=O)N2CC3CC2CN3)c1O)Nc1cccc(F)c1Cl. The number of phenols is 1. The van der Waals surface area contributed by atoms with Gasteiger partial charge in [-0.15, -0.1) is 0 Å². The van der Waals surface area contributed by atoms with E-state index in [0.29, 0.717) is 13.0 Å². The maximum atomic E-state index is 13.5. The molecule has 2 fully saturated rings. The van der Waals surface area contributed by atoms with Gasteiger partial charge in [0.15, 0.2) is 5.75 Å². The van der Waals surface area contributed by atoms with Crippen LogP contribution in [0.3, 0.4) is 0 Å². The van der Waals surface area contributed by atoms with Crippen molar-refractivity contribution in [3.63, 3.8) is 0 Å². The Morgan fingerprint density at radius 2 is 1.93 bits per heavy atom. The number of carbonyl (C=O) groups excluding carboxylic acids is 1. The van der Waals surface area contributed by atoms with Gasteiger partial charge < -0.3 is 21.1 Å². The maximum absolute atomic E-state index is 13.5. The second-order valence-corrected chi connectivity index (χ2v) is 9.64. The van der Waals surface area contributed by atoms with E-state index in [1.54, 1.807) is 0 Å². The number of nitrogens with zero attached hydrogens (tertiary/aromatic N) is 1. The second-order valence-electron chi connectivity index (χ2n) is 7.02. The number of anilines is 2. The first-order valence-corrected chi connectivity index (χ1v) is 11.2. The number of hydrogen-bond donors (Lipinski definition) is 4. The fraction of sp³-hybridized carbons (Fsp3) is 0.278. The largest absolute Gasteiger partial charge is 0.504 e. The van der Waals surface area contributed by atoms with Crippen LogP contribution < -0.4 is 16.0 Å². The minimum absolute atomic E-state index is 0.0102. The third kappa shape index (κ3) is 3.69. The van der Waals surface area contributed by atoms with Crippen molar-refractivity contribution in [2.75, 3.05) is 23.7 Å². The molecular formula is C18H17Cl2FN4O4S. The lowest BCUT2D eigenvalue weighted by atomic mass is 10.2. The highest BCUT2D eigenvalue weighted by Gasteiger charge is 2.45. The Hall–Kier alpha value is -2.11. The summed E-state index contributed by atoms with van der Waals surface area (Å²) in [5.41, 5.74) is -0.165. The molecule has 0 aliphatic carbocycles. The summed E-state index contributed by atoms with van der Waals surface area (Å²) in [6.45, 7) is 0.802. The summed E-state index contributed by atoms with van der Waals surface area (Å²) < 4.78 is 41.1. The molecule has 8 nitrogen and oxygen atoms in total. The molecule has 2 saturated heterocycles. The predicted molar refractivity (Wildman–Crippen MR) is 111 cm³/mol. The van der Waals surface area contributed by atoms with Gasteiger partial charge in [-0.1, -0.05) is 29.3 Å². The van der Waals surface area contributed by atoms with E-state index in [2.05, 4.69) is 16.0 Å². The zero-order valence-corrected chi connectivity index (χ0v) is 17.7. The number of phenolic OH excluding ortho intramolecular Hbond substituents is 1. The molecule has 2 bridgehead atoms. The van der Waals surface area contributed by atoms with Gasteiger partial charge >= 0.3 is 6.03 Å². The molecule has 4 N–H and O–H groups in total. The van der Waals surface area contributed by atoms with Crippen molar-refractivity contribution in [3.8, 4) is 5.75 Å². The number of fused-ring (bicyclic) bond motifs is 2. The topological polar surface area (TPSA) is 111 Å². The van der Waals surface area contributed by atoms with Crippen LogP contribution in [-0.2, 0) is 10.0 Å². The fourth-order valence-electron chi connectivity index (χ4n) is 3.70. The Balaban J connectivity index is 1.60. The number of benzene rings is 2. The van der Waals surface area contributed by atoms with E-state index in [4.69, 9.17) is 23.2 Å². The first-order chi connectivity index (χ1) is 14.2. The van der Waals surface area contributed by atoms with Gasteiger partial charge in [-0.05, 0) is 30.7 Å². The molecule has 160 valence electrons. The standard InChI is InChI=1S/C18H17Cl2FN4O4S/c19-11-4-5-14(24-18(27)23-13-3-1-2-12(21)15(13)20)16(26)17(11)30(28,29)25-8-9-6-10(25)7-22-9/h1-5,9-10,22,26H,6-8H2,(H2,23,24,27). The number of hydrogen-bond acceptors (Lipinski definition) is 5. The molecular weight excluding hydrogens is 458 g/mol. The van der Waals surface area contributed by atoms with Crippen LogP contribution in [0.5, 0.6) is 5.75 Å². The number of carbonyl (C=O) groups is 1. The van der Waals surface area contributed by atoms with Crippen LogP contribution in [0.15, 0.2) is 35.2 Å². The summed E-state index contributed by atoms with van der Waals surface area (Å²) in [4.78, 5) is 11.8. The molecule has 2 unspecified atom stereocenters. The summed E-state index contributed by atoms with van der Waals surface area (Å²) in [5.74, 6) is -1.40. The van der Waals surface area contributed by atoms with Gasteiger partial charge in [0.05, 0.1) is 21.4 Å². The highest BCUT2D eigenvalue weighted by molar-refractivity contribution is 7.89. The Morgan fingerprint density at radius 1 is 1.20 bits per heavy atom. The number of piperazine rings is 1. The van der Waals surface area contributed by atoms with E-state index in [1.807, 2.05) is 0 Å². The Labute approximate surface area is 182 Å². The molecule has 12 heteroatoms. The summed E-state index contributed by atoms with van der Waals surface area (Å²) >= 11 is 11.9. The number of halogens is 3. The Kier molecular flexibility index (Phi) is 5.54. The van der Waals surface area contributed by atoms with Crippen LogP contribution in [0, 0.1) is 5.82 Å². The van der Waals surface area contributed by atoms with Gasteiger partial charge in [0.25, 0.3) is 0 Å². The van der Waals surface area contributed by atoms with E-state index in [0.717, 1.165) is 6.07 Å². The molecule has 0 saturated carbocycles. The van der Waals surface area contributed by atoms with Crippen LogP contribution in [0.1, 0.15) is 6.42 Å². The van der Waals surface area contributed by atoms with Crippen molar-refractivity contribution >= 4 is 50.6 Å². The zero-order chi connectivity index (χ0) is 21.6. The number of urea groups is 1. The van der Waals surface area contributed by atoms with Crippen molar-refractivity contribution in [2.45, 2.75) is 23.4 Å². The van der Waals surface area contributed by atoms with Gasteiger partial charge in [-0.3, -0.25) is 0 Å². The third-order valence-corrected chi connectivity index (χ3v) is 7.91. The van der Waals surface area contributed by atoms with Gasteiger partial charge in [0, 0.05) is 25.2 Å². The predicted octanol–water partition coefficient (Wildman–Crippen LogP) is 3.22. The normalized spacial score (nSPS) is 21.0. The monoisotopic (exact) mass is 474 g/mol. The molecule has 0 aromatic heterocycles. The molecule has 2 aliphatic heterocycles.